The number of carboxylic acids is 1. The van der Waals surface area contributed by atoms with Crippen LogP contribution in [0.25, 0.3) is 6.08 Å². The first-order valence-electron chi connectivity index (χ1n) is 6.93. The van der Waals surface area contributed by atoms with Crippen LogP contribution < -0.4 is 0 Å². The van der Waals surface area contributed by atoms with Crippen molar-refractivity contribution in [3.05, 3.63) is 39.9 Å². The molecule has 1 N–H and O–H groups in total. The molecule has 112 valence electrons. The second-order valence-electron chi connectivity index (χ2n) is 5.32. The largest absolute Gasteiger partial charge is 0.481 e. The molecule has 0 bridgehead atoms. The molecule has 1 amide bonds. The van der Waals surface area contributed by atoms with E-state index in [1.54, 1.807) is 11.0 Å². The van der Waals surface area contributed by atoms with E-state index in [4.69, 9.17) is 5.11 Å². The Morgan fingerprint density at radius 2 is 2.19 bits per heavy atom. The molecule has 0 radical (unpaired) electrons. The van der Waals surface area contributed by atoms with Crippen LogP contribution in [0.2, 0.25) is 0 Å². The van der Waals surface area contributed by atoms with Gasteiger partial charge in [-0.05, 0) is 43.0 Å². The molecule has 0 aromatic heterocycles. The maximum Gasteiger partial charge on any atom is 0.308 e. The highest BCUT2D eigenvalue weighted by Gasteiger charge is 2.27. The fourth-order valence-electron chi connectivity index (χ4n) is 2.41. The summed E-state index contributed by atoms with van der Waals surface area (Å²) in [6.45, 7) is 2.93. The third kappa shape index (κ3) is 4.17. The summed E-state index contributed by atoms with van der Waals surface area (Å²) in [4.78, 5) is 24.8. The smallest absolute Gasteiger partial charge is 0.308 e. The number of rotatable bonds is 3. The third-order valence-corrected chi connectivity index (χ3v) is 4.33. The molecule has 1 saturated heterocycles. The van der Waals surface area contributed by atoms with Crippen molar-refractivity contribution in [3.8, 4) is 0 Å². The van der Waals surface area contributed by atoms with E-state index in [2.05, 4.69) is 15.9 Å². The summed E-state index contributed by atoms with van der Waals surface area (Å²) in [5.41, 5.74) is 2.08. The van der Waals surface area contributed by atoms with Gasteiger partial charge in [-0.1, -0.05) is 28.1 Å². The lowest BCUT2D eigenvalue weighted by Gasteiger charge is -2.29. The molecule has 1 aliphatic rings. The molecule has 1 fully saturated rings. The fraction of sp³-hybridized carbons (Fsp3) is 0.375. The molecule has 2 rings (SSSR count). The monoisotopic (exact) mass is 351 g/mol. The van der Waals surface area contributed by atoms with E-state index >= 15 is 0 Å². The van der Waals surface area contributed by atoms with Crippen molar-refractivity contribution in [3.63, 3.8) is 0 Å². The lowest BCUT2D eigenvalue weighted by molar-refractivity contribution is -0.144. The number of nitrogens with zero attached hydrogens (tertiary/aromatic N) is 1. The second-order valence-corrected chi connectivity index (χ2v) is 6.17. The standard InChI is InChI=1S/C16H18BrNO3/c1-11-4-5-12(14(17)9-11)6-7-15(19)18-8-2-3-13(10-18)16(20)21/h4-7,9,13H,2-3,8,10H2,1H3,(H,20,21)/b7-6+. The van der Waals surface area contributed by atoms with Crippen LogP contribution in [0.3, 0.4) is 0 Å². The van der Waals surface area contributed by atoms with Crippen molar-refractivity contribution >= 4 is 33.9 Å². The van der Waals surface area contributed by atoms with Crippen LogP contribution in [0, 0.1) is 12.8 Å². The van der Waals surface area contributed by atoms with Gasteiger partial charge in [0.25, 0.3) is 0 Å². The molecule has 0 aliphatic carbocycles. The van der Waals surface area contributed by atoms with Crippen LogP contribution in [-0.4, -0.2) is 35.0 Å². The third-order valence-electron chi connectivity index (χ3n) is 3.64. The van der Waals surface area contributed by atoms with E-state index in [1.165, 1.54) is 6.08 Å². The number of carbonyl (C=O) groups excluding carboxylic acids is 1. The number of benzene rings is 1. The average molecular weight is 352 g/mol. The Morgan fingerprint density at radius 1 is 1.43 bits per heavy atom. The molecule has 1 aliphatic heterocycles. The van der Waals surface area contributed by atoms with Crippen LogP contribution in [0.4, 0.5) is 0 Å². The van der Waals surface area contributed by atoms with Gasteiger partial charge in [0.2, 0.25) is 5.91 Å². The topological polar surface area (TPSA) is 57.6 Å². The highest BCUT2D eigenvalue weighted by molar-refractivity contribution is 9.10. The Kier molecular flexibility index (Phi) is 5.17. The fourth-order valence-corrected chi connectivity index (χ4v) is 3.04. The number of piperidine rings is 1. The first kappa shape index (κ1) is 15.8. The molecule has 1 aromatic carbocycles. The van der Waals surface area contributed by atoms with Gasteiger partial charge in [0.05, 0.1) is 5.92 Å². The maximum absolute atomic E-state index is 12.1. The van der Waals surface area contributed by atoms with Crippen LogP contribution in [0.15, 0.2) is 28.7 Å². The van der Waals surface area contributed by atoms with Gasteiger partial charge in [0, 0.05) is 23.6 Å². The van der Waals surface area contributed by atoms with E-state index in [0.717, 1.165) is 22.0 Å². The number of hydrogen-bond donors (Lipinski definition) is 1. The number of likely N-dealkylation sites (tertiary alicyclic amines) is 1. The first-order chi connectivity index (χ1) is 9.97. The molecular weight excluding hydrogens is 334 g/mol. The predicted octanol–water partition coefficient (Wildman–Crippen LogP) is 3.09. The van der Waals surface area contributed by atoms with Gasteiger partial charge in [-0.15, -0.1) is 0 Å². The zero-order valence-electron chi connectivity index (χ0n) is 11.9. The number of halogens is 1. The Labute approximate surface area is 132 Å². The number of carbonyl (C=O) groups is 2. The average Bonchev–Trinajstić information content (AvgIpc) is 2.46. The van der Waals surface area contributed by atoms with Gasteiger partial charge in [-0.3, -0.25) is 9.59 Å². The van der Waals surface area contributed by atoms with Crippen LogP contribution >= 0.6 is 15.9 Å². The van der Waals surface area contributed by atoms with Gasteiger partial charge in [-0.2, -0.15) is 0 Å². The van der Waals surface area contributed by atoms with E-state index in [1.807, 2.05) is 25.1 Å². The quantitative estimate of drug-likeness (QED) is 0.851. The highest BCUT2D eigenvalue weighted by Crippen LogP contribution is 2.21. The molecule has 4 nitrogen and oxygen atoms in total. The summed E-state index contributed by atoms with van der Waals surface area (Å²) in [6.07, 6.45) is 4.66. The Morgan fingerprint density at radius 3 is 2.86 bits per heavy atom. The zero-order chi connectivity index (χ0) is 15.4. The Bertz CT molecular complexity index is 583. The minimum atomic E-state index is -0.822. The second kappa shape index (κ2) is 6.89. The highest BCUT2D eigenvalue weighted by atomic mass is 79.9. The van der Waals surface area contributed by atoms with Crippen LogP contribution in [-0.2, 0) is 9.59 Å². The van der Waals surface area contributed by atoms with Crippen molar-refractivity contribution in [1.82, 2.24) is 4.90 Å². The van der Waals surface area contributed by atoms with E-state index in [9.17, 15) is 9.59 Å². The normalized spacial score (nSPS) is 19.0. The van der Waals surface area contributed by atoms with Crippen molar-refractivity contribution < 1.29 is 14.7 Å². The van der Waals surface area contributed by atoms with Gasteiger partial charge in [0.1, 0.15) is 0 Å². The SMILES string of the molecule is Cc1ccc(/C=C/C(=O)N2CCCC(C(=O)O)C2)c(Br)c1. The first-order valence-corrected chi connectivity index (χ1v) is 7.72. The summed E-state index contributed by atoms with van der Waals surface area (Å²) in [5.74, 6) is -1.40. The van der Waals surface area contributed by atoms with Crippen molar-refractivity contribution in [2.24, 2.45) is 5.92 Å². The summed E-state index contributed by atoms with van der Waals surface area (Å²) in [7, 11) is 0. The summed E-state index contributed by atoms with van der Waals surface area (Å²) >= 11 is 3.47. The molecule has 0 spiro atoms. The molecule has 1 atom stereocenters. The van der Waals surface area contributed by atoms with E-state index in [0.29, 0.717) is 19.5 Å². The number of amides is 1. The van der Waals surface area contributed by atoms with Gasteiger partial charge in [0.15, 0.2) is 0 Å². The lowest BCUT2D eigenvalue weighted by atomic mass is 9.98. The summed E-state index contributed by atoms with van der Waals surface area (Å²) in [6, 6.07) is 5.92. The van der Waals surface area contributed by atoms with Gasteiger partial charge >= 0.3 is 5.97 Å². The lowest BCUT2D eigenvalue weighted by Crippen LogP contribution is -2.41. The molecule has 21 heavy (non-hydrogen) atoms. The summed E-state index contributed by atoms with van der Waals surface area (Å²) < 4.78 is 0.939. The molecule has 1 aromatic rings. The molecule has 1 heterocycles. The summed E-state index contributed by atoms with van der Waals surface area (Å²) in [5, 5.41) is 9.05. The Hall–Kier alpha value is -1.62. The minimum absolute atomic E-state index is 0.131. The zero-order valence-corrected chi connectivity index (χ0v) is 13.5. The van der Waals surface area contributed by atoms with Crippen molar-refractivity contribution in [1.29, 1.82) is 0 Å². The van der Waals surface area contributed by atoms with Crippen LogP contribution in [0.5, 0.6) is 0 Å². The molecule has 0 saturated carbocycles. The van der Waals surface area contributed by atoms with Crippen molar-refractivity contribution in [2.45, 2.75) is 19.8 Å². The number of carboxylic acid groups (broad SMARTS) is 1. The number of hydrogen-bond acceptors (Lipinski definition) is 2. The predicted molar refractivity (Wildman–Crippen MR) is 84.9 cm³/mol. The number of aryl methyl sites for hydroxylation is 1. The van der Waals surface area contributed by atoms with E-state index < -0.39 is 11.9 Å². The Balaban J connectivity index is 2.03. The molecule has 5 heteroatoms. The maximum atomic E-state index is 12.1. The van der Waals surface area contributed by atoms with Gasteiger partial charge < -0.3 is 10.0 Å². The molecular formula is C16H18BrNO3. The van der Waals surface area contributed by atoms with Crippen molar-refractivity contribution in [2.75, 3.05) is 13.1 Å². The number of aliphatic carboxylic acids is 1. The van der Waals surface area contributed by atoms with E-state index in [-0.39, 0.29) is 5.91 Å². The van der Waals surface area contributed by atoms with Gasteiger partial charge in [-0.25, -0.2) is 0 Å². The minimum Gasteiger partial charge on any atom is -0.481 e. The van der Waals surface area contributed by atoms with Crippen LogP contribution in [0.1, 0.15) is 24.0 Å². The molecule has 1 unspecified atom stereocenters.